The van der Waals surface area contributed by atoms with Crippen LogP contribution in [0.25, 0.3) is 0 Å². The molecule has 0 aliphatic carbocycles. The third kappa shape index (κ3) is 10.7. The number of nitriles is 1. The molecule has 0 aromatic carbocycles. The topological polar surface area (TPSA) is 176 Å². The van der Waals surface area contributed by atoms with Crippen molar-refractivity contribution in [2.45, 2.75) is 38.3 Å². The Morgan fingerprint density at radius 1 is 1.23 bits per heavy atom. The molecule has 12 heteroatoms. The van der Waals surface area contributed by atoms with Crippen LogP contribution in [0.2, 0.25) is 0 Å². The van der Waals surface area contributed by atoms with Gasteiger partial charge in [0.25, 0.3) is 5.91 Å². The largest absolute Gasteiger partial charge is 0.478 e. The summed E-state index contributed by atoms with van der Waals surface area (Å²) in [7, 11) is 3.40. The summed E-state index contributed by atoms with van der Waals surface area (Å²) >= 11 is 0. The maximum atomic E-state index is 12.3. The lowest BCUT2D eigenvalue weighted by molar-refractivity contribution is -0.134. The predicted molar refractivity (Wildman–Crippen MR) is 128 cm³/mol. The molecule has 0 radical (unpaired) electrons. The van der Waals surface area contributed by atoms with E-state index in [9.17, 15) is 19.2 Å². The summed E-state index contributed by atoms with van der Waals surface area (Å²) in [5.41, 5.74) is 0.184. The summed E-state index contributed by atoms with van der Waals surface area (Å²) in [6.45, 7) is 5.37. The molecule has 1 saturated heterocycles. The SMILES string of the molecule is CN(C)C(=O)c1ccc(NCC(C)(C)NCC(=O)N2CCC[C@H]2C#N)nc1.O=C(O)/C=C/C(=O)O. The molecule has 1 aromatic rings. The third-order valence-corrected chi connectivity index (χ3v) is 4.94. The Labute approximate surface area is 204 Å². The van der Waals surface area contributed by atoms with Crippen LogP contribution in [-0.2, 0) is 14.4 Å². The summed E-state index contributed by atoms with van der Waals surface area (Å²) < 4.78 is 0. The summed E-state index contributed by atoms with van der Waals surface area (Å²) in [5.74, 6) is -1.99. The van der Waals surface area contributed by atoms with Gasteiger partial charge in [0, 0.05) is 51.1 Å². The molecule has 1 aromatic heterocycles. The van der Waals surface area contributed by atoms with Crippen LogP contribution in [0.4, 0.5) is 5.82 Å². The first kappa shape index (κ1) is 29.1. The van der Waals surface area contributed by atoms with Gasteiger partial charge in [-0.15, -0.1) is 0 Å². The summed E-state index contributed by atoms with van der Waals surface area (Å²) in [6, 6.07) is 5.39. The van der Waals surface area contributed by atoms with E-state index in [-0.39, 0.29) is 29.9 Å². The molecule has 0 unspecified atom stereocenters. The Morgan fingerprint density at radius 3 is 2.34 bits per heavy atom. The zero-order valence-corrected chi connectivity index (χ0v) is 20.3. The highest BCUT2D eigenvalue weighted by atomic mass is 16.4. The number of amides is 2. The minimum absolute atomic E-state index is 0.0446. The number of nitrogens with one attached hydrogen (secondary N) is 2. The van der Waals surface area contributed by atoms with E-state index in [2.05, 4.69) is 21.7 Å². The third-order valence-electron chi connectivity index (χ3n) is 4.94. The number of likely N-dealkylation sites (tertiary alicyclic amines) is 1. The summed E-state index contributed by atoms with van der Waals surface area (Å²) in [5, 5.41) is 31.2. The Balaban J connectivity index is 0.000000658. The van der Waals surface area contributed by atoms with E-state index in [0.29, 0.717) is 36.6 Å². The lowest BCUT2D eigenvalue weighted by Crippen LogP contribution is -2.50. The molecule has 1 fully saturated rings. The van der Waals surface area contributed by atoms with Crippen LogP contribution in [-0.4, -0.2) is 94.1 Å². The van der Waals surface area contributed by atoms with Crippen molar-refractivity contribution in [1.29, 1.82) is 5.26 Å². The Morgan fingerprint density at radius 2 is 1.86 bits per heavy atom. The predicted octanol–water partition coefficient (Wildman–Crippen LogP) is 0.790. The van der Waals surface area contributed by atoms with Crippen molar-refractivity contribution in [2.24, 2.45) is 0 Å². The van der Waals surface area contributed by atoms with Gasteiger partial charge in [-0.1, -0.05) is 0 Å². The molecule has 4 N–H and O–H groups in total. The van der Waals surface area contributed by atoms with Gasteiger partial charge in [-0.3, -0.25) is 9.59 Å². The summed E-state index contributed by atoms with van der Waals surface area (Å²) in [6.07, 6.45) is 4.30. The van der Waals surface area contributed by atoms with Crippen molar-refractivity contribution in [3.63, 3.8) is 0 Å². The second-order valence-corrected chi connectivity index (χ2v) is 8.61. The van der Waals surface area contributed by atoms with Crippen LogP contribution in [0.15, 0.2) is 30.5 Å². The fraction of sp³-hybridized carbons (Fsp3) is 0.478. The van der Waals surface area contributed by atoms with Crippen LogP contribution in [0.3, 0.4) is 0 Å². The molecule has 1 aliphatic rings. The number of aromatic nitrogens is 1. The maximum Gasteiger partial charge on any atom is 0.328 e. The Hall–Kier alpha value is -3.98. The van der Waals surface area contributed by atoms with E-state index >= 15 is 0 Å². The quantitative estimate of drug-likeness (QED) is 0.363. The highest BCUT2D eigenvalue weighted by molar-refractivity contribution is 5.93. The van der Waals surface area contributed by atoms with Crippen molar-refractivity contribution in [3.05, 3.63) is 36.0 Å². The van der Waals surface area contributed by atoms with Gasteiger partial charge >= 0.3 is 11.9 Å². The fourth-order valence-electron chi connectivity index (χ4n) is 3.02. The molecule has 0 saturated carbocycles. The number of carbonyl (C=O) groups excluding carboxylic acids is 2. The molecular formula is C23H32N6O6. The molecule has 2 rings (SSSR count). The van der Waals surface area contributed by atoms with E-state index in [1.165, 1.54) is 4.90 Å². The molecule has 1 aliphatic heterocycles. The van der Waals surface area contributed by atoms with E-state index in [0.717, 1.165) is 12.8 Å². The van der Waals surface area contributed by atoms with Crippen molar-refractivity contribution in [1.82, 2.24) is 20.1 Å². The smallest absolute Gasteiger partial charge is 0.328 e. The normalized spacial score (nSPS) is 15.1. The van der Waals surface area contributed by atoms with Gasteiger partial charge in [-0.2, -0.15) is 5.26 Å². The number of nitrogens with zero attached hydrogens (tertiary/aromatic N) is 4. The lowest BCUT2D eigenvalue weighted by atomic mass is 10.1. The number of hydrogen-bond acceptors (Lipinski definition) is 8. The van der Waals surface area contributed by atoms with Gasteiger partial charge in [0.05, 0.1) is 18.2 Å². The molecule has 12 nitrogen and oxygen atoms in total. The number of hydrogen-bond donors (Lipinski definition) is 4. The summed E-state index contributed by atoms with van der Waals surface area (Å²) in [4.78, 5) is 50.7. The zero-order chi connectivity index (χ0) is 26.6. The molecule has 1 atom stereocenters. The molecule has 0 bridgehead atoms. The first-order chi connectivity index (χ1) is 16.4. The standard InChI is InChI=1S/C19H28N6O2.C4H4O4/c1-19(2,23-12-17(26)25-9-5-6-15(25)10-20)13-22-16-8-7-14(11-21-16)18(27)24(3)4;5-3(6)1-2-4(7)8/h7-8,11,15,23H,5-6,9,12-13H2,1-4H3,(H,21,22);1-2H,(H,5,6)(H,7,8)/b;2-1+/t15-;/m0./s1. The average molecular weight is 489 g/mol. The average Bonchev–Trinajstić information content (AvgIpc) is 3.29. The zero-order valence-electron chi connectivity index (χ0n) is 20.3. The van der Waals surface area contributed by atoms with Crippen LogP contribution >= 0.6 is 0 Å². The fourth-order valence-corrected chi connectivity index (χ4v) is 3.02. The molecule has 0 spiro atoms. The van der Waals surface area contributed by atoms with Crippen molar-refractivity contribution >= 4 is 29.6 Å². The minimum atomic E-state index is -1.26. The van der Waals surface area contributed by atoms with E-state index in [4.69, 9.17) is 15.5 Å². The van der Waals surface area contributed by atoms with Crippen LogP contribution in [0.1, 0.15) is 37.0 Å². The van der Waals surface area contributed by atoms with E-state index in [1.54, 1.807) is 37.3 Å². The number of carboxylic acids is 2. The first-order valence-electron chi connectivity index (χ1n) is 10.9. The number of rotatable bonds is 9. The number of anilines is 1. The first-order valence-corrected chi connectivity index (χ1v) is 10.9. The molecule has 190 valence electrons. The lowest BCUT2D eigenvalue weighted by Gasteiger charge is -2.28. The van der Waals surface area contributed by atoms with Gasteiger partial charge in [0.1, 0.15) is 11.9 Å². The minimum Gasteiger partial charge on any atom is -0.478 e. The van der Waals surface area contributed by atoms with E-state index < -0.39 is 11.9 Å². The highest BCUT2D eigenvalue weighted by Crippen LogP contribution is 2.16. The van der Waals surface area contributed by atoms with Gasteiger partial charge in [0.15, 0.2) is 0 Å². The second kappa shape index (κ2) is 13.7. The van der Waals surface area contributed by atoms with Gasteiger partial charge in [-0.05, 0) is 38.8 Å². The van der Waals surface area contributed by atoms with Gasteiger partial charge in [0.2, 0.25) is 5.91 Å². The highest BCUT2D eigenvalue weighted by Gasteiger charge is 2.29. The Kier molecular flexibility index (Phi) is 11.3. The molecular weight excluding hydrogens is 456 g/mol. The van der Waals surface area contributed by atoms with E-state index in [1.807, 2.05) is 13.8 Å². The molecule has 2 heterocycles. The van der Waals surface area contributed by atoms with Crippen LogP contribution in [0, 0.1) is 11.3 Å². The maximum absolute atomic E-state index is 12.3. The molecule has 35 heavy (non-hydrogen) atoms. The van der Waals surface area contributed by atoms with Crippen molar-refractivity contribution in [2.75, 3.05) is 39.0 Å². The number of carbonyl (C=O) groups is 4. The Bertz CT molecular complexity index is 952. The number of carboxylic acid groups (broad SMARTS) is 2. The monoisotopic (exact) mass is 488 g/mol. The van der Waals surface area contributed by atoms with Crippen molar-refractivity contribution in [3.8, 4) is 6.07 Å². The second-order valence-electron chi connectivity index (χ2n) is 8.61. The van der Waals surface area contributed by atoms with Gasteiger partial charge < -0.3 is 30.6 Å². The number of pyridine rings is 1. The number of aliphatic carboxylic acids is 2. The van der Waals surface area contributed by atoms with Crippen LogP contribution < -0.4 is 10.6 Å². The molecule has 2 amide bonds. The van der Waals surface area contributed by atoms with Crippen molar-refractivity contribution < 1.29 is 29.4 Å². The van der Waals surface area contributed by atoms with Gasteiger partial charge in [-0.25, -0.2) is 14.6 Å². The van der Waals surface area contributed by atoms with Crippen LogP contribution in [0.5, 0.6) is 0 Å².